The molecular weight excluding hydrogens is 289 g/mol. The summed E-state index contributed by atoms with van der Waals surface area (Å²) in [5, 5.41) is 1.56. The number of nitrogens with zero attached hydrogens (tertiary/aromatic N) is 2. The molecule has 2 aromatic rings. The molecule has 0 radical (unpaired) electrons. The van der Waals surface area contributed by atoms with E-state index in [4.69, 9.17) is 0 Å². The molecule has 0 saturated heterocycles. The Bertz CT molecular complexity index is 596. The molecule has 1 aromatic carbocycles. The Morgan fingerprint density at radius 3 is 2.65 bits per heavy atom. The number of hydrogen-bond donors (Lipinski definition) is 0. The first-order valence-electron chi connectivity index (χ1n) is 5.68. The van der Waals surface area contributed by atoms with Crippen LogP contribution in [-0.2, 0) is 12.7 Å². The standard InChI is InChI=1S/C13H11F3N2OS/c1-18(12(19)11-7-20-8-17-11)6-9-4-2-3-5-10(9)13(14,15)16/h2-5,7-8H,6H2,1H3. The van der Waals surface area contributed by atoms with E-state index in [0.717, 1.165) is 6.07 Å². The van der Waals surface area contributed by atoms with Crippen molar-refractivity contribution in [2.24, 2.45) is 0 Å². The molecule has 0 aliphatic carbocycles. The van der Waals surface area contributed by atoms with E-state index in [2.05, 4.69) is 4.98 Å². The summed E-state index contributed by atoms with van der Waals surface area (Å²) in [6, 6.07) is 5.23. The van der Waals surface area contributed by atoms with Gasteiger partial charge in [-0.05, 0) is 11.6 Å². The second-order valence-corrected chi connectivity index (χ2v) is 4.91. The van der Waals surface area contributed by atoms with Gasteiger partial charge in [-0.2, -0.15) is 13.2 Å². The van der Waals surface area contributed by atoms with E-state index in [9.17, 15) is 18.0 Å². The summed E-state index contributed by atoms with van der Waals surface area (Å²) < 4.78 is 38.6. The molecule has 1 amide bonds. The number of thiazole rings is 1. The maximum Gasteiger partial charge on any atom is 0.416 e. The van der Waals surface area contributed by atoms with Crippen LogP contribution in [0.15, 0.2) is 35.2 Å². The Hall–Kier alpha value is -1.89. The van der Waals surface area contributed by atoms with Crippen molar-refractivity contribution in [3.05, 3.63) is 52.0 Å². The molecule has 20 heavy (non-hydrogen) atoms. The zero-order chi connectivity index (χ0) is 14.8. The van der Waals surface area contributed by atoms with E-state index < -0.39 is 17.6 Å². The van der Waals surface area contributed by atoms with Gasteiger partial charge in [0, 0.05) is 19.0 Å². The van der Waals surface area contributed by atoms with Gasteiger partial charge in [0.15, 0.2) is 0 Å². The van der Waals surface area contributed by atoms with Crippen LogP contribution in [0.3, 0.4) is 0 Å². The van der Waals surface area contributed by atoms with E-state index in [0.29, 0.717) is 0 Å². The molecule has 0 spiro atoms. The fourth-order valence-corrected chi connectivity index (χ4v) is 2.30. The lowest BCUT2D eigenvalue weighted by molar-refractivity contribution is -0.138. The van der Waals surface area contributed by atoms with E-state index in [1.54, 1.807) is 5.38 Å². The number of alkyl halides is 3. The lowest BCUT2D eigenvalue weighted by Crippen LogP contribution is -2.27. The van der Waals surface area contributed by atoms with Crippen molar-refractivity contribution in [3.8, 4) is 0 Å². The summed E-state index contributed by atoms with van der Waals surface area (Å²) in [5.74, 6) is -0.400. The number of carbonyl (C=O) groups excluding carboxylic acids is 1. The average Bonchev–Trinajstić information content (AvgIpc) is 2.91. The predicted octanol–water partition coefficient (Wildman–Crippen LogP) is 3.43. The molecule has 0 bridgehead atoms. The summed E-state index contributed by atoms with van der Waals surface area (Å²) in [6.07, 6.45) is -4.43. The highest BCUT2D eigenvalue weighted by Crippen LogP contribution is 2.32. The van der Waals surface area contributed by atoms with Crippen LogP contribution in [0.1, 0.15) is 21.6 Å². The number of aromatic nitrogens is 1. The van der Waals surface area contributed by atoms with Gasteiger partial charge >= 0.3 is 6.18 Å². The van der Waals surface area contributed by atoms with Crippen LogP contribution in [0.2, 0.25) is 0 Å². The molecule has 0 unspecified atom stereocenters. The average molecular weight is 300 g/mol. The van der Waals surface area contributed by atoms with Gasteiger partial charge in [0.1, 0.15) is 5.69 Å². The highest BCUT2D eigenvalue weighted by atomic mass is 32.1. The lowest BCUT2D eigenvalue weighted by atomic mass is 10.1. The molecule has 0 aliphatic heterocycles. The van der Waals surface area contributed by atoms with Crippen molar-refractivity contribution in [3.63, 3.8) is 0 Å². The Kier molecular flexibility index (Phi) is 4.08. The zero-order valence-electron chi connectivity index (χ0n) is 10.5. The number of carbonyl (C=O) groups is 1. The van der Waals surface area contributed by atoms with Gasteiger partial charge in [0.05, 0.1) is 11.1 Å². The Labute approximate surface area is 117 Å². The number of hydrogen-bond acceptors (Lipinski definition) is 3. The van der Waals surface area contributed by atoms with Crippen molar-refractivity contribution in [2.75, 3.05) is 7.05 Å². The van der Waals surface area contributed by atoms with Crippen molar-refractivity contribution in [1.82, 2.24) is 9.88 Å². The van der Waals surface area contributed by atoms with Gasteiger partial charge < -0.3 is 4.90 Å². The van der Waals surface area contributed by atoms with Gasteiger partial charge in [-0.25, -0.2) is 4.98 Å². The van der Waals surface area contributed by atoms with E-state index in [1.165, 1.54) is 47.0 Å². The van der Waals surface area contributed by atoms with Crippen LogP contribution in [-0.4, -0.2) is 22.8 Å². The van der Waals surface area contributed by atoms with Crippen LogP contribution < -0.4 is 0 Å². The summed E-state index contributed by atoms with van der Waals surface area (Å²) in [6.45, 7) is -0.119. The first kappa shape index (κ1) is 14.5. The smallest absolute Gasteiger partial charge is 0.336 e. The van der Waals surface area contributed by atoms with E-state index >= 15 is 0 Å². The topological polar surface area (TPSA) is 33.2 Å². The highest BCUT2D eigenvalue weighted by molar-refractivity contribution is 7.07. The molecule has 0 atom stereocenters. The predicted molar refractivity (Wildman–Crippen MR) is 69.4 cm³/mol. The van der Waals surface area contributed by atoms with Crippen molar-refractivity contribution < 1.29 is 18.0 Å². The molecule has 0 N–H and O–H groups in total. The maximum absolute atomic E-state index is 12.9. The third kappa shape index (κ3) is 3.16. The molecule has 0 aliphatic rings. The fourth-order valence-electron chi connectivity index (χ4n) is 1.78. The minimum absolute atomic E-state index is 0.0612. The second-order valence-electron chi connectivity index (χ2n) is 4.19. The van der Waals surface area contributed by atoms with Crippen LogP contribution in [0.5, 0.6) is 0 Å². The number of halogens is 3. The Morgan fingerprint density at radius 2 is 2.05 bits per heavy atom. The molecule has 7 heteroatoms. The van der Waals surface area contributed by atoms with E-state index in [-0.39, 0.29) is 17.8 Å². The van der Waals surface area contributed by atoms with E-state index in [1.807, 2.05) is 0 Å². The Balaban J connectivity index is 2.20. The van der Waals surface area contributed by atoms with Gasteiger partial charge in [-0.1, -0.05) is 18.2 Å². The molecule has 1 aromatic heterocycles. The normalized spacial score (nSPS) is 11.4. The quantitative estimate of drug-likeness (QED) is 0.870. The van der Waals surface area contributed by atoms with Crippen molar-refractivity contribution in [2.45, 2.75) is 12.7 Å². The number of rotatable bonds is 3. The van der Waals surface area contributed by atoms with Crippen molar-refractivity contribution >= 4 is 17.2 Å². The van der Waals surface area contributed by atoms with Crippen LogP contribution in [0.25, 0.3) is 0 Å². The van der Waals surface area contributed by atoms with Gasteiger partial charge in [0.25, 0.3) is 5.91 Å². The van der Waals surface area contributed by atoms with Crippen LogP contribution in [0.4, 0.5) is 13.2 Å². The van der Waals surface area contributed by atoms with Gasteiger partial charge in [0.2, 0.25) is 0 Å². The summed E-state index contributed by atoms with van der Waals surface area (Å²) in [4.78, 5) is 17.0. The number of amides is 1. The van der Waals surface area contributed by atoms with Crippen LogP contribution in [0, 0.1) is 0 Å². The first-order valence-corrected chi connectivity index (χ1v) is 6.62. The maximum atomic E-state index is 12.9. The molecule has 0 fully saturated rings. The fraction of sp³-hybridized carbons (Fsp3) is 0.231. The number of benzene rings is 1. The third-order valence-corrected chi connectivity index (χ3v) is 3.31. The minimum atomic E-state index is -4.43. The monoisotopic (exact) mass is 300 g/mol. The van der Waals surface area contributed by atoms with Crippen LogP contribution >= 0.6 is 11.3 Å². The SMILES string of the molecule is CN(Cc1ccccc1C(F)(F)F)C(=O)c1cscn1. The molecule has 2 rings (SSSR count). The Morgan fingerprint density at radius 1 is 1.35 bits per heavy atom. The molecule has 0 saturated carbocycles. The minimum Gasteiger partial charge on any atom is -0.336 e. The third-order valence-electron chi connectivity index (χ3n) is 2.73. The van der Waals surface area contributed by atoms with Crippen molar-refractivity contribution in [1.29, 1.82) is 0 Å². The highest BCUT2D eigenvalue weighted by Gasteiger charge is 2.33. The molecular formula is C13H11F3N2OS. The summed E-state index contributed by atoms with van der Waals surface area (Å²) in [5.41, 5.74) is 1.08. The van der Waals surface area contributed by atoms with Gasteiger partial charge in [-0.3, -0.25) is 4.79 Å². The zero-order valence-corrected chi connectivity index (χ0v) is 11.3. The molecule has 3 nitrogen and oxygen atoms in total. The molecule has 1 heterocycles. The summed E-state index contributed by atoms with van der Waals surface area (Å²) >= 11 is 1.26. The largest absolute Gasteiger partial charge is 0.416 e. The second kappa shape index (κ2) is 5.62. The first-order chi connectivity index (χ1) is 9.39. The van der Waals surface area contributed by atoms with Gasteiger partial charge in [-0.15, -0.1) is 11.3 Å². The molecule has 106 valence electrons. The lowest BCUT2D eigenvalue weighted by Gasteiger charge is -2.19. The summed E-state index contributed by atoms with van der Waals surface area (Å²) in [7, 11) is 1.45.